The number of esters is 1. The highest BCUT2D eigenvalue weighted by atomic mass is 79.9. The van der Waals surface area contributed by atoms with Crippen molar-refractivity contribution in [1.29, 1.82) is 5.26 Å². The summed E-state index contributed by atoms with van der Waals surface area (Å²) in [4.78, 5) is 30.8. The fraction of sp³-hybridized carbons (Fsp3) is 0.333. The van der Waals surface area contributed by atoms with Crippen LogP contribution in [0.25, 0.3) is 11.3 Å². The van der Waals surface area contributed by atoms with E-state index in [0.29, 0.717) is 51.8 Å². The van der Waals surface area contributed by atoms with Crippen LogP contribution in [-0.2, 0) is 28.2 Å². The predicted molar refractivity (Wildman–Crippen MR) is 193 cm³/mol. The molecule has 55 heavy (non-hydrogen) atoms. The number of aryl methyl sites for hydroxylation is 2. The van der Waals surface area contributed by atoms with Crippen molar-refractivity contribution in [2.45, 2.75) is 71.8 Å². The number of benzene rings is 3. The van der Waals surface area contributed by atoms with Crippen molar-refractivity contribution in [2.75, 3.05) is 13.6 Å². The van der Waals surface area contributed by atoms with Gasteiger partial charge in [0.1, 0.15) is 35.9 Å². The molecule has 0 aliphatic rings. The third-order valence-corrected chi connectivity index (χ3v) is 9.63. The zero-order valence-corrected chi connectivity index (χ0v) is 33.6. The van der Waals surface area contributed by atoms with Gasteiger partial charge in [-0.1, -0.05) is 19.1 Å². The summed E-state index contributed by atoms with van der Waals surface area (Å²) in [6.07, 6.45) is 2.44. The summed E-state index contributed by atoms with van der Waals surface area (Å²) in [5, 5.41) is 28.0. The third kappa shape index (κ3) is 10.2. The van der Waals surface area contributed by atoms with E-state index in [9.17, 15) is 23.5 Å². The van der Waals surface area contributed by atoms with Crippen molar-refractivity contribution >= 4 is 23.4 Å². The molecular weight excluding hydrogens is 801 g/mol. The highest BCUT2D eigenvalue weighted by molar-refractivity contribution is 7.10. The summed E-state index contributed by atoms with van der Waals surface area (Å²) >= 11 is 1.21. The van der Waals surface area contributed by atoms with Gasteiger partial charge in [0.2, 0.25) is 6.33 Å². The largest absolute Gasteiger partial charge is 1.00 e. The Balaban J connectivity index is 0.00000673. The van der Waals surface area contributed by atoms with Crippen molar-refractivity contribution in [3.05, 3.63) is 117 Å². The summed E-state index contributed by atoms with van der Waals surface area (Å²) in [7, 11) is 1.44. The first-order chi connectivity index (χ1) is 25.4. The molecule has 5 aromatic rings. The maximum Gasteiger partial charge on any atom is 0.410 e. The van der Waals surface area contributed by atoms with Gasteiger partial charge in [0, 0.05) is 40.6 Å². The zero-order valence-electron chi connectivity index (χ0n) is 31.2. The SMILES string of the molecule is Cc1cc(C[n+]2cnn(CC(O)(c3cc(F)c(F)cc3F)C(C)c3nc(-c4ccc(C#N)cc4)cs3)c2)cc(C)c1OC(=O)CN(C)C(=O)OC(C)(C)C.[Br-]. The number of amides is 1. The average molecular weight is 842 g/mol. The number of thiazole rings is 1. The van der Waals surface area contributed by atoms with Gasteiger partial charge in [-0.3, -0.25) is 0 Å². The Bertz CT molecular complexity index is 2210. The summed E-state index contributed by atoms with van der Waals surface area (Å²) in [5.41, 5.74) is 0.628. The van der Waals surface area contributed by atoms with E-state index in [1.165, 1.54) is 29.4 Å². The van der Waals surface area contributed by atoms with E-state index in [1.54, 1.807) is 82.1 Å². The van der Waals surface area contributed by atoms with E-state index >= 15 is 4.39 Å². The van der Waals surface area contributed by atoms with Gasteiger partial charge in [-0.05, 0) is 81.6 Å². The number of carbonyl (C=O) groups excluding carboxylic acids is 2. The fourth-order valence-electron chi connectivity index (χ4n) is 5.87. The van der Waals surface area contributed by atoms with Crippen LogP contribution in [0.3, 0.4) is 0 Å². The Morgan fingerprint density at radius 2 is 1.69 bits per heavy atom. The van der Waals surface area contributed by atoms with Crippen molar-refractivity contribution < 1.29 is 58.9 Å². The number of aliphatic hydroxyl groups is 1. The van der Waals surface area contributed by atoms with Crippen LogP contribution in [0.1, 0.15) is 66.4 Å². The second kappa shape index (κ2) is 17.1. The molecule has 0 saturated carbocycles. The van der Waals surface area contributed by atoms with Crippen molar-refractivity contribution in [3.8, 4) is 23.1 Å². The highest BCUT2D eigenvalue weighted by Gasteiger charge is 2.44. The third-order valence-electron chi connectivity index (χ3n) is 8.60. The van der Waals surface area contributed by atoms with Crippen molar-refractivity contribution in [1.82, 2.24) is 19.7 Å². The van der Waals surface area contributed by atoms with Crippen LogP contribution in [0.15, 0.2) is 66.6 Å². The second-order valence-electron chi connectivity index (χ2n) is 14.1. The number of nitrogens with zero attached hydrogens (tertiary/aromatic N) is 6. The minimum Gasteiger partial charge on any atom is -1.00 e. The molecular formula is C39H40BrF3N6O5S. The number of aromatic nitrogens is 4. The lowest BCUT2D eigenvalue weighted by atomic mass is 9.82. The molecule has 11 nitrogen and oxygen atoms in total. The number of likely N-dealkylation sites (N-methyl/N-ethyl adjacent to an activating group) is 1. The zero-order chi connectivity index (χ0) is 39.5. The molecule has 1 amide bonds. The van der Waals surface area contributed by atoms with E-state index in [2.05, 4.69) is 16.2 Å². The Morgan fingerprint density at radius 1 is 1.05 bits per heavy atom. The van der Waals surface area contributed by atoms with Gasteiger partial charge in [-0.15, -0.1) is 16.0 Å². The molecule has 0 aliphatic heterocycles. The van der Waals surface area contributed by atoms with E-state index in [-0.39, 0.29) is 30.1 Å². The number of halogens is 4. The minimum atomic E-state index is -2.14. The lowest BCUT2D eigenvalue weighted by Crippen LogP contribution is -3.00. The Morgan fingerprint density at radius 3 is 2.31 bits per heavy atom. The average Bonchev–Trinajstić information content (AvgIpc) is 3.77. The Hall–Kier alpha value is -5.11. The van der Waals surface area contributed by atoms with E-state index in [4.69, 9.17) is 14.7 Å². The molecule has 2 unspecified atom stereocenters. The quantitative estimate of drug-likeness (QED) is 0.0922. The number of rotatable bonds is 11. The molecule has 3 aromatic carbocycles. The molecule has 0 aliphatic carbocycles. The van der Waals surface area contributed by atoms with Gasteiger partial charge >= 0.3 is 12.1 Å². The predicted octanol–water partition coefficient (Wildman–Crippen LogP) is 3.72. The van der Waals surface area contributed by atoms with Crippen molar-refractivity contribution in [3.63, 3.8) is 0 Å². The topological polar surface area (TPSA) is 134 Å². The van der Waals surface area contributed by atoms with Crippen LogP contribution in [0.5, 0.6) is 5.75 Å². The smallest absolute Gasteiger partial charge is 0.410 e. The van der Waals surface area contributed by atoms with E-state index in [0.717, 1.165) is 16.0 Å². The van der Waals surface area contributed by atoms with Crippen LogP contribution in [0.4, 0.5) is 18.0 Å². The summed E-state index contributed by atoms with van der Waals surface area (Å²) < 4.78 is 58.0. The maximum absolute atomic E-state index is 15.4. The summed E-state index contributed by atoms with van der Waals surface area (Å²) in [6.45, 7) is 10.0. The van der Waals surface area contributed by atoms with Gasteiger partial charge < -0.3 is 36.5 Å². The van der Waals surface area contributed by atoms with Crippen LogP contribution >= 0.6 is 11.3 Å². The minimum absolute atomic E-state index is 0. The molecule has 1 N–H and O–H groups in total. The molecule has 0 fully saturated rings. The first-order valence-corrected chi connectivity index (χ1v) is 17.7. The lowest BCUT2D eigenvalue weighted by molar-refractivity contribution is -0.689. The van der Waals surface area contributed by atoms with Crippen molar-refractivity contribution in [2.24, 2.45) is 0 Å². The number of carbonyl (C=O) groups is 2. The lowest BCUT2D eigenvalue weighted by Gasteiger charge is -2.32. The van der Waals surface area contributed by atoms with Gasteiger partial charge in [0.15, 0.2) is 11.6 Å². The Kier molecular flexibility index (Phi) is 13.3. The maximum atomic E-state index is 15.4. The molecule has 2 atom stereocenters. The number of hydrogen-bond acceptors (Lipinski definition) is 9. The molecule has 0 spiro atoms. The molecule has 2 heterocycles. The monoisotopic (exact) mass is 840 g/mol. The van der Waals surface area contributed by atoms with Crippen LogP contribution in [-0.4, -0.2) is 56.0 Å². The molecule has 16 heteroatoms. The number of ether oxygens (including phenoxy) is 2. The van der Waals surface area contributed by atoms with E-state index in [1.807, 2.05) is 12.1 Å². The van der Waals surface area contributed by atoms with Gasteiger partial charge in [-0.2, -0.15) is 5.26 Å². The summed E-state index contributed by atoms with van der Waals surface area (Å²) in [5.74, 6) is -5.04. The van der Waals surface area contributed by atoms with Crippen LogP contribution in [0.2, 0.25) is 0 Å². The Labute approximate surface area is 331 Å². The molecule has 0 bridgehead atoms. The molecule has 5 rings (SSSR count). The van der Waals surface area contributed by atoms with E-state index < -0.39 is 52.2 Å². The second-order valence-corrected chi connectivity index (χ2v) is 15.0. The fourth-order valence-corrected chi connectivity index (χ4v) is 6.84. The molecule has 2 aromatic heterocycles. The van der Waals surface area contributed by atoms with Gasteiger partial charge in [0.25, 0.3) is 6.33 Å². The number of hydrogen-bond donors (Lipinski definition) is 1. The van der Waals surface area contributed by atoms with Crippen LogP contribution in [0, 0.1) is 42.6 Å². The molecule has 290 valence electrons. The van der Waals surface area contributed by atoms with Gasteiger partial charge in [0.05, 0.1) is 28.9 Å². The molecule has 0 saturated heterocycles. The molecule has 0 radical (unpaired) electrons. The van der Waals surface area contributed by atoms with Gasteiger partial charge in [-0.25, -0.2) is 32.3 Å². The normalized spacial score (nSPS) is 12.9. The first kappa shape index (κ1) is 42.6. The first-order valence-electron chi connectivity index (χ1n) is 16.9. The van der Waals surface area contributed by atoms with Crippen LogP contribution < -0.4 is 26.3 Å². The summed E-state index contributed by atoms with van der Waals surface area (Å²) in [6, 6.07) is 13.6. The standard InChI is InChI=1S/C39H40F3N6O5S.BrH/c1-23-12-27(13-24(2)35(23)52-34(49)18-46(7)37(50)53-38(4,5)6)17-47-21-44-48(22-47)20-39(51,29-14-31(41)32(42)15-30(29)40)25(3)36-45-33(19-54-36)28-10-8-26(16-43)9-11-28;/h8-15,19,21-22,25,51H,17-18,20H2,1-7H3;1H/q+1;/p-1. The number of nitriles is 1. The highest BCUT2D eigenvalue weighted by Crippen LogP contribution is 2.42.